The lowest BCUT2D eigenvalue weighted by Crippen LogP contribution is -2.28. The van der Waals surface area contributed by atoms with Gasteiger partial charge in [-0.05, 0) is 36.8 Å². The summed E-state index contributed by atoms with van der Waals surface area (Å²) in [6.45, 7) is 2.15. The predicted octanol–water partition coefficient (Wildman–Crippen LogP) is 4.69. The van der Waals surface area contributed by atoms with Gasteiger partial charge < -0.3 is 14.8 Å². The van der Waals surface area contributed by atoms with Crippen molar-refractivity contribution in [1.82, 2.24) is 5.32 Å². The van der Waals surface area contributed by atoms with Crippen molar-refractivity contribution in [3.63, 3.8) is 0 Å². The minimum Gasteiger partial charge on any atom is -0.454 e. The Morgan fingerprint density at radius 2 is 1.92 bits per heavy atom. The second-order valence-corrected chi connectivity index (χ2v) is 7.04. The number of ether oxygens (including phenoxy) is 2. The summed E-state index contributed by atoms with van der Waals surface area (Å²) in [7, 11) is 0. The molecule has 0 saturated carbocycles. The number of fused-ring (bicyclic) bond motifs is 1. The molecule has 1 N–H and O–H groups in total. The Hall–Kier alpha value is -1.56. The van der Waals surface area contributed by atoms with Gasteiger partial charge in [-0.15, -0.1) is 11.8 Å². The first kappa shape index (κ1) is 17.3. The van der Waals surface area contributed by atoms with E-state index in [1.165, 1.54) is 11.8 Å². The molecule has 24 heavy (non-hydrogen) atoms. The standard InChI is InChI=1S/C17H15Cl2NO3S/c1-10(11-5-6-14-15(7-11)23-9-22-14)20-16(21)8-24-17-12(18)3-2-4-13(17)19/h2-7,10H,8-9H2,1H3,(H,20,21)/t10-/m1/s1. The smallest absolute Gasteiger partial charge is 0.231 e. The molecule has 0 unspecified atom stereocenters. The van der Waals surface area contributed by atoms with Gasteiger partial charge in [-0.1, -0.05) is 35.3 Å². The fourth-order valence-electron chi connectivity index (χ4n) is 2.31. The second-order valence-electron chi connectivity index (χ2n) is 5.24. The predicted molar refractivity (Wildman–Crippen MR) is 96.3 cm³/mol. The van der Waals surface area contributed by atoms with Crippen LogP contribution in [0, 0.1) is 0 Å². The molecule has 3 rings (SSSR count). The average Bonchev–Trinajstić information content (AvgIpc) is 3.01. The Balaban J connectivity index is 1.58. The maximum absolute atomic E-state index is 12.2. The van der Waals surface area contributed by atoms with Gasteiger partial charge in [-0.2, -0.15) is 0 Å². The summed E-state index contributed by atoms with van der Waals surface area (Å²) < 4.78 is 10.6. The van der Waals surface area contributed by atoms with Crippen LogP contribution < -0.4 is 14.8 Å². The average molecular weight is 384 g/mol. The van der Waals surface area contributed by atoms with Crippen molar-refractivity contribution in [2.45, 2.75) is 17.9 Å². The van der Waals surface area contributed by atoms with E-state index < -0.39 is 0 Å². The normalized spacial score (nSPS) is 13.6. The summed E-state index contributed by atoms with van der Waals surface area (Å²) in [4.78, 5) is 12.9. The summed E-state index contributed by atoms with van der Waals surface area (Å²) in [5.41, 5.74) is 0.952. The van der Waals surface area contributed by atoms with Crippen molar-refractivity contribution in [3.05, 3.63) is 52.0 Å². The van der Waals surface area contributed by atoms with Crippen molar-refractivity contribution in [2.24, 2.45) is 0 Å². The van der Waals surface area contributed by atoms with Gasteiger partial charge in [-0.3, -0.25) is 4.79 Å². The van der Waals surface area contributed by atoms with Crippen molar-refractivity contribution < 1.29 is 14.3 Å². The number of rotatable bonds is 5. The van der Waals surface area contributed by atoms with Crippen molar-refractivity contribution in [2.75, 3.05) is 12.5 Å². The number of amides is 1. The molecular formula is C17H15Cl2NO3S. The Bertz CT molecular complexity index is 749. The molecule has 0 radical (unpaired) electrons. The summed E-state index contributed by atoms with van der Waals surface area (Å²) in [5.74, 6) is 1.56. The van der Waals surface area contributed by atoms with Gasteiger partial charge in [0.05, 0.1) is 21.8 Å². The van der Waals surface area contributed by atoms with Crippen LogP contribution >= 0.6 is 35.0 Å². The van der Waals surface area contributed by atoms with E-state index in [1.807, 2.05) is 25.1 Å². The quantitative estimate of drug-likeness (QED) is 0.760. The van der Waals surface area contributed by atoms with E-state index in [1.54, 1.807) is 18.2 Å². The van der Waals surface area contributed by atoms with Crippen LogP contribution in [0.1, 0.15) is 18.5 Å². The van der Waals surface area contributed by atoms with Gasteiger partial charge in [0.15, 0.2) is 11.5 Å². The van der Waals surface area contributed by atoms with Crippen LogP contribution in [0.15, 0.2) is 41.3 Å². The Kier molecular flexibility index (Phi) is 5.43. The number of benzene rings is 2. The number of carbonyl (C=O) groups excluding carboxylic acids is 1. The monoisotopic (exact) mass is 383 g/mol. The molecule has 1 amide bonds. The third-order valence-electron chi connectivity index (χ3n) is 3.54. The minimum absolute atomic E-state index is 0.0962. The Morgan fingerprint density at radius 1 is 1.21 bits per heavy atom. The summed E-state index contributed by atoms with van der Waals surface area (Å²) in [6, 6.07) is 10.8. The highest BCUT2D eigenvalue weighted by Gasteiger charge is 2.17. The molecule has 0 bridgehead atoms. The maximum atomic E-state index is 12.2. The first-order chi connectivity index (χ1) is 11.5. The SMILES string of the molecule is C[C@@H](NC(=O)CSc1c(Cl)cccc1Cl)c1ccc2c(c1)OCO2. The molecule has 1 aliphatic heterocycles. The number of thioether (sulfide) groups is 1. The van der Waals surface area contributed by atoms with Gasteiger partial charge in [-0.25, -0.2) is 0 Å². The number of carbonyl (C=O) groups is 1. The second kappa shape index (κ2) is 7.55. The summed E-state index contributed by atoms with van der Waals surface area (Å²) in [6.07, 6.45) is 0. The van der Waals surface area contributed by atoms with Crippen LogP contribution in [0.25, 0.3) is 0 Å². The molecule has 0 aromatic heterocycles. The molecule has 0 spiro atoms. The van der Waals surface area contributed by atoms with Gasteiger partial charge in [0, 0.05) is 4.90 Å². The molecule has 2 aromatic carbocycles. The number of hydrogen-bond acceptors (Lipinski definition) is 4. The number of nitrogens with one attached hydrogen (secondary N) is 1. The third kappa shape index (κ3) is 3.91. The summed E-state index contributed by atoms with van der Waals surface area (Å²) in [5, 5.41) is 4.05. The van der Waals surface area contributed by atoms with Crippen molar-refractivity contribution >= 4 is 40.9 Å². The van der Waals surface area contributed by atoms with Gasteiger partial charge in [0.1, 0.15) is 0 Å². The highest BCUT2D eigenvalue weighted by atomic mass is 35.5. The molecule has 0 aliphatic carbocycles. The molecule has 1 atom stereocenters. The van der Waals surface area contributed by atoms with E-state index >= 15 is 0 Å². The molecular weight excluding hydrogens is 369 g/mol. The van der Waals surface area contributed by atoms with E-state index in [0.717, 1.165) is 11.3 Å². The highest BCUT2D eigenvalue weighted by molar-refractivity contribution is 8.00. The number of hydrogen-bond donors (Lipinski definition) is 1. The van der Waals surface area contributed by atoms with Crippen molar-refractivity contribution in [1.29, 1.82) is 0 Å². The molecule has 1 aliphatic rings. The van der Waals surface area contributed by atoms with E-state index in [4.69, 9.17) is 32.7 Å². The Labute approximate surface area is 154 Å². The van der Waals surface area contributed by atoms with Crippen LogP contribution in [0.3, 0.4) is 0 Å². The Morgan fingerprint density at radius 3 is 2.67 bits per heavy atom. The van der Waals surface area contributed by atoms with Gasteiger partial charge in [0.2, 0.25) is 12.7 Å². The van der Waals surface area contributed by atoms with E-state index in [2.05, 4.69) is 5.32 Å². The largest absolute Gasteiger partial charge is 0.454 e. The fraction of sp³-hybridized carbons (Fsp3) is 0.235. The van der Waals surface area contributed by atoms with Crippen LogP contribution in [0.4, 0.5) is 0 Å². The van der Waals surface area contributed by atoms with E-state index in [0.29, 0.717) is 20.7 Å². The molecule has 7 heteroatoms. The lowest BCUT2D eigenvalue weighted by molar-refractivity contribution is -0.119. The molecule has 4 nitrogen and oxygen atoms in total. The van der Waals surface area contributed by atoms with E-state index in [-0.39, 0.29) is 24.5 Å². The topological polar surface area (TPSA) is 47.6 Å². The van der Waals surface area contributed by atoms with Crippen LogP contribution in [-0.2, 0) is 4.79 Å². The zero-order chi connectivity index (χ0) is 17.1. The molecule has 126 valence electrons. The zero-order valence-corrected chi connectivity index (χ0v) is 15.2. The molecule has 0 saturated heterocycles. The van der Waals surface area contributed by atoms with E-state index in [9.17, 15) is 4.79 Å². The first-order valence-electron chi connectivity index (χ1n) is 7.30. The lowest BCUT2D eigenvalue weighted by atomic mass is 10.1. The van der Waals surface area contributed by atoms with Crippen LogP contribution in [0.2, 0.25) is 10.0 Å². The number of halogens is 2. The van der Waals surface area contributed by atoms with Crippen LogP contribution in [-0.4, -0.2) is 18.5 Å². The van der Waals surface area contributed by atoms with Gasteiger partial charge >= 0.3 is 0 Å². The molecule has 2 aromatic rings. The summed E-state index contributed by atoms with van der Waals surface area (Å²) >= 11 is 13.5. The van der Waals surface area contributed by atoms with Crippen molar-refractivity contribution in [3.8, 4) is 11.5 Å². The van der Waals surface area contributed by atoms with Crippen LogP contribution in [0.5, 0.6) is 11.5 Å². The lowest BCUT2D eigenvalue weighted by Gasteiger charge is -2.15. The third-order valence-corrected chi connectivity index (χ3v) is 5.53. The molecule has 1 heterocycles. The van der Waals surface area contributed by atoms with Gasteiger partial charge in [0.25, 0.3) is 0 Å². The fourth-order valence-corrected chi connectivity index (χ4v) is 3.80. The first-order valence-corrected chi connectivity index (χ1v) is 9.04. The minimum atomic E-state index is -0.144. The maximum Gasteiger partial charge on any atom is 0.231 e. The zero-order valence-electron chi connectivity index (χ0n) is 12.8. The molecule has 0 fully saturated rings. The highest BCUT2D eigenvalue weighted by Crippen LogP contribution is 2.35.